The van der Waals surface area contributed by atoms with E-state index in [-0.39, 0.29) is 11.8 Å². The van der Waals surface area contributed by atoms with Gasteiger partial charge in [-0.15, -0.1) is 5.10 Å². The molecule has 2 N–H and O–H groups in total. The normalized spacial score (nSPS) is 12.0. The molecule has 0 aliphatic rings. The third-order valence-electron chi connectivity index (χ3n) is 4.41. The highest BCUT2D eigenvalue weighted by atomic mass is 35.5. The third kappa shape index (κ3) is 4.31. The Kier molecular flexibility index (Phi) is 5.94. The fraction of sp³-hybridized carbons (Fsp3) is 0.300. The highest BCUT2D eigenvalue weighted by Gasteiger charge is 2.18. The summed E-state index contributed by atoms with van der Waals surface area (Å²) < 4.78 is 1.81. The highest BCUT2D eigenvalue weighted by Crippen LogP contribution is 2.20. The van der Waals surface area contributed by atoms with Gasteiger partial charge in [-0.1, -0.05) is 29.8 Å². The van der Waals surface area contributed by atoms with Crippen molar-refractivity contribution in [3.8, 4) is 0 Å². The van der Waals surface area contributed by atoms with Crippen molar-refractivity contribution in [2.45, 2.75) is 39.8 Å². The number of nitrogens with one attached hydrogen (secondary N) is 2. The van der Waals surface area contributed by atoms with Gasteiger partial charge in [-0.05, 0) is 56.2 Å². The Morgan fingerprint density at radius 3 is 2.75 bits per heavy atom. The smallest absolute Gasteiger partial charge is 0.251 e. The lowest BCUT2D eigenvalue weighted by atomic mass is 10.1. The minimum atomic E-state index is -0.725. The van der Waals surface area contributed by atoms with Crippen LogP contribution in [0, 0.1) is 6.92 Å². The largest absolute Gasteiger partial charge is 0.341 e. The number of aryl methyl sites for hydroxylation is 2. The maximum absolute atomic E-state index is 12.5. The van der Waals surface area contributed by atoms with Gasteiger partial charge < -0.3 is 10.6 Å². The van der Waals surface area contributed by atoms with E-state index in [1.165, 1.54) is 0 Å². The summed E-state index contributed by atoms with van der Waals surface area (Å²) >= 11 is 5.98. The van der Waals surface area contributed by atoms with Crippen LogP contribution in [-0.4, -0.2) is 32.9 Å². The van der Waals surface area contributed by atoms with Crippen LogP contribution >= 0.6 is 11.6 Å². The van der Waals surface area contributed by atoms with E-state index in [1.54, 1.807) is 35.9 Å². The number of aromatic nitrogens is 3. The number of anilines is 1. The third-order valence-corrected chi connectivity index (χ3v) is 4.64. The second-order valence-electron chi connectivity index (χ2n) is 6.66. The maximum Gasteiger partial charge on any atom is 0.251 e. The molecule has 0 saturated heterocycles. The number of halogens is 1. The fourth-order valence-corrected chi connectivity index (χ4v) is 2.98. The van der Waals surface area contributed by atoms with Crippen molar-refractivity contribution in [3.63, 3.8) is 0 Å². The number of hydrogen-bond acceptors (Lipinski definition) is 4. The monoisotopic (exact) mass is 399 g/mol. The van der Waals surface area contributed by atoms with Crippen molar-refractivity contribution in [1.82, 2.24) is 20.3 Å². The molecule has 3 rings (SSSR count). The van der Waals surface area contributed by atoms with E-state index in [9.17, 15) is 9.59 Å². The lowest BCUT2D eigenvalue weighted by Crippen LogP contribution is -2.41. The molecule has 7 nitrogen and oxygen atoms in total. The van der Waals surface area contributed by atoms with Crippen molar-refractivity contribution in [1.29, 1.82) is 0 Å². The van der Waals surface area contributed by atoms with Gasteiger partial charge in [0.05, 0.1) is 5.52 Å². The molecular weight excluding hydrogens is 378 g/mol. The Morgan fingerprint density at radius 1 is 1.21 bits per heavy atom. The average molecular weight is 400 g/mol. The standard InChI is InChI=1S/C20H22ClN5O2/c1-4-9-26-18-8-6-14(10-17(18)24-25-26)20(28)22-13(3)19(27)23-16-11-15(21)7-5-12(16)2/h5-8,10-11,13H,4,9H2,1-3H3,(H,22,28)(H,23,27). The molecule has 0 aliphatic carbocycles. The summed E-state index contributed by atoms with van der Waals surface area (Å²) in [4.78, 5) is 25.0. The number of rotatable bonds is 6. The molecule has 1 unspecified atom stereocenters. The summed E-state index contributed by atoms with van der Waals surface area (Å²) in [5, 5.41) is 14.2. The first kappa shape index (κ1) is 19.8. The Balaban J connectivity index is 1.68. The minimum absolute atomic E-state index is 0.325. The zero-order valence-electron chi connectivity index (χ0n) is 16.0. The maximum atomic E-state index is 12.5. The average Bonchev–Trinajstić information content (AvgIpc) is 3.07. The molecule has 2 amide bonds. The van der Waals surface area contributed by atoms with Crippen LogP contribution in [0.3, 0.4) is 0 Å². The van der Waals surface area contributed by atoms with E-state index in [0.29, 0.717) is 21.8 Å². The van der Waals surface area contributed by atoms with Crippen molar-refractivity contribution >= 4 is 40.1 Å². The van der Waals surface area contributed by atoms with Crippen LogP contribution in [0.2, 0.25) is 5.02 Å². The second kappa shape index (κ2) is 8.39. The lowest BCUT2D eigenvalue weighted by molar-refractivity contribution is -0.117. The van der Waals surface area contributed by atoms with Crippen LogP contribution in [0.5, 0.6) is 0 Å². The molecule has 1 aromatic heterocycles. The lowest BCUT2D eigenvalue weighted by Gasteiger charge is -2.15. The molecule has 0 bridgehead atoms. The summed E-state index contributed by atoms with van der Waals surface area (Å²) in [5.74, 6) is -0.675. The van der Waals surface area contributed by atoms with Crippen LogP contribution in [0.15, 0.2) is 36.4 Å². The summed E-state index contributed by atoms with van der Waals surface area (Å²) in [6, 6.07) is 9.73. The Morgan fingerprint density at radius 2 is 2.00 bits per heavy atom. The number of nitrogens with zero attached hydrogens (tertiary/aromatic N) is 3. The van der Waals surface area contributed by atoms with E-state index in [2.05, 4.69) is 27.9 Å². The van der Waals surface area contributed by atoms with Crippen molar-refractivity contribution in [2.24, 2.45) is 0 Å². The Labute approximate surface area is 168 Å². The predicted octanol–water partition coefficient (Wildman–Crippen LogP) is 3.56. The molecule has 0 spiro atoms. The number of amides is 2. The number of carbonyl (C=O) groups is 2. The van der Waals surface area contributed by atoms with Gasteiger partial charge in [0, 0.05) is 22.8 Å². The van der Waals surface area contributed by atoms with Crippen LogP contribution in [0.4, 0.5) is 5.69 Å². The summed E-state index contributed by atoms with van der Waals surface area (Å²) in [7, 11) is 0. The van der Waals surface area contributed by atoms with Gasteiger partial charge in [-0.2, -0.15) is 0 Å². The van der Waals surface area contributed by atoms with E-state index >= 15 is 0 Å². The van der Waals surface area contributed by atoms with Crippen molar-refractivity contribution in [2.75, 3.05) is 5.32 Å². The topological polar surface area (TPSA) is 88.9 Å². The SMILES string of the molecule is CCCn1nnc2cc(C(=O)NC(C)C(=O)Nc3cc(Cl)ccc3C)ccc21. The van der Waals surface area contributed by atoms with Crippen LogP contribution in [-0.2, 0) is 11.3 Å². The van der Waals surface area contributed by atoms with E-state index < -0.39 is 6.04 Å². The fourth-order valence-electron chi connectivity index (χ4n) is 2.81. The number of hydrogen-bond donors (Lipinski definition) is 2. The molecule has 0 saturated carbocycles. The van der Waals surface area contributed by atoms with Gasteiger partial charge in [0.25, 0.3) is 5.91 Å². The molecule has 0 radical (unpaired) electrons. The molecule has 2 aromatic carbocycles. The van der Waals surface area contributed by atoms with E-state index in [1.807, 2.05) is 19.1 Å². The van der Waals surface area contributed by atoms with E-state index in [0.717, 1.165) is 24.0 Å². The quantitative estimate of drug-likeness (QED) is 0.663. The van der Waals surface area contributed by atoms with Gasteiger partial charge in [-0.25, -0.2) is 4.68 Å². The molecule has 0 fully saturated rings. The first-order chi connectivity index (χ1) is 13.4. The first-order valence-electron chi connectivity index (χ1n) is 9.10. The van der Waals surface area contributed by atoms with E-state index in [4.69, 9.17) is 11.6 Å². The summed E-state index contributed by atoms with van der Waals surface area (Å²) in [6.45, 7) is 6.33. The number of fused-ring (bicyclic) bond motifs is 1. The molecular formula is C20H22ClN5O2. The number of carbonyl (C=O) groups excluding carboxylic acids is 2. The molecule has 1 heterocycles. The molecule has 0 aliphatic heterocycles. The first-order valence-corrected chi connectivity index (χ1v) is 9.48. The summed E-state index contributed by atoms with van der Waals surface area (Å²) in [6.07, 6.45) is 0.944. The zero-order chi connectivity index (χ0) is 20.3. The molecule has 8 heteroatoms. The molecule has 146 valence electrons. The predicted molar refractivity (Wildman–Crippen MR) is 110 cm³/mol. The van der Waals surface area contributed by atoms with Crippen LogP contribution < -0.4 is 10.6 Å². The Hall–Kier alpha value is -2.93. The Bertz CT molecular complexity index is 1030. The van der Waals surface area contributed by atoms with Crippen molar-refractivity contribution < 1.29 is 9.59 Å². The van der Waals surface area contributed by atoms with Gasteiger partial charge >= 0.3 is 0 Å². The second-order valence-corrected chi connectivity index (χ2v) is 7.10. The number of benzene rings is 2. The zero-order valence-corrected chi connectivity index (χ0v) is 16.7. The van der Waals surface area contributed by atoms with Crippen LogP contribution in [0.25, 0.3) is 11.0 Å². The van der Waals surface area contributed by atoms with Crippen LogP contribution in [0.1, 0.15) is 36.2 Å². The van der Waals surface area contributed by atoms with Gasteiger partial charge in [0.2, 0.25) is 5.91 Å². The molecule has 1 atom stereocenters. The van der Waals surface area contributed by atoms with Crippen molar-refractivity contribution in [3.05, 3.63) is 52.5 Å². The van der Waals surface area contributed by atoms with Gasteiger partial charge in [-0.3, -0.25) is 9.59 Å². The minimum Gasteiger partial charge on any atom is -0.341 e. The highest BCUT2D eigenvalue weighted by molar-refractivity contribution is 6.31. The molecule has 3 aromatic rings. The summed E-state index contributed by atoms with van der Waals surface area (Å²) in [5.41, 5.74) is 3.45. The van der Waals surface area contributed by atoms with Gasteiger partial charge in [0.15, 0.2) is 0 Å². The van der Waals surface area contributed by atoms with Gasteiger partial charge in [0.1, 0.15) is 11.6 Å². The molecule has 28 heavy (non-hydrogen) atoms.